The fourth-order valence-electron chi connectivity index (χ4n) is 1.59. The van der Waals surface area contributed by atoms with E-state index in [2.05, 4.69) is 15.2 Å². The van der Waals surface area contributed by atoms with E-state index in [1.165, 1.54) is 0 Å². The van der Waals surface area contributed by atoms with Crippen LogP contribution in [0.15, 0.2) is 41.8 Å². The molecule has 4 nitrogen and oxygen atoms in total. The second-order valence-electron chi connectivity index (χ2n) is 3.58. The molecule has 5 heteroatoms. The van der Waals surface area contributed by atoms with Gasteiger partial charge in [0.15, 0.2) is 11.6 Å². The first kappa shape index (κ1) is 10.0. The highest BCUT2D eigenvalue weighted by Gasteiger charge is 2.10. The lowest BCUT2D eigenvalue weighted by molar-refractivity contribution is 1.10. The molecule has 0 fully saturated rings. The Balaban J connectivity index is 2.02. The van der Waals surface area contributed by atoms with Crippen molar-refractivity contribution in [3.8, 4) is 22.1 Å². The van der Waals surface area contributed by atoms with E-state index in [-0.39, 0.29) is 0 Å². The summed E-state index contributed by atoms with van der Waals surface area (Å²) < 4.78 is 0. The molecule has 0 saturated carbocycles. The molecule has 2 aromatic heterocycles. The number of anilines is 1. The molecule has 3 N–H and O–H groups in total. The van der Waals surface area contributed by atoms with E-state index < -0.39 is 0 Å². The van der Waals surface area contributed by atoms with Gasteiger partial charge in [-0.2, -0.15) is 5.10 Å². The van der Waals surface area contributed by atoms with Gasteiger partial charge in [-0.1, -0.05) is 30.3 Å². The van der Waals surface area contributed by atoms with Gasteiger partial charge < -0.3 is 5.73 Å². The lowest BCUT2D eigenvalue weighted by Crippen LogP contribution is -1.85. The standard InChI is InChI=1S/C12H10N4S/c13-9-6-7-17-10(9)12-14-11(15-16-12)8-4-2-1-3-5-8/h1-7H,13H2,(H,14,15,16). The van der Waals surface area contributed by atoms with Gasteiger partial charge in [0.25, 0.3) is 0 Å². The third-order valence-corrected chi connectivity index (χ3v) is 3.37. The Morgan fingerprint density at radius 3 is 2.65 bits per heavy atom. The monoisotopic (exact) mass is 242 g/mol. The second kappa shape index (κ2) is 4.03. The van der Waals surface area contributed by atoms with Crippen LogP contribution in [-0.4, -0.2) is 15.2 Å². The molecule has 84 valence electrons. The summed E-state index contributed by atoms with van der Waals surface area (Å²) in [6, 6.07) is 11.7. The molecule has 0 spiro atoms. The SMILES string of the molecule is Nc1ccsc1-c1nc(-c2ccccc2)n[nH]1. The van der Waals surface area contributed by atoms with Crippen LogP contribution in [-0.2, 0) is 0 Å². The number of nitrogens with zero attached hydrogens (tertiary/aromatic N) is 2. The maximum absolute atomic E-state index is 5.84. The second-order valence-corrected chi connectivity index (χ2v) is 4.49. The van der Waals surface area contributed by atoms with Gasteiger partial charge in [0.05, 0.1) is 10.6 Å². The van der Waals surface area contributed by atoms with E-state index in [4.69, 9.17) is 5.73 Å². The number of rotatable bonds is 2. The molecular weight excluding hydrogens is 232 g/mol. The number of hydrogen-bond donors (Lipinski definition) is 2. The molecule has 0 amide bonds. The molecule has 0 aliphatic heterocycles. The topological polar surface area (TPSA) is 67.6 Å². The number of benzene rings is 1. The predicted molar refractivity (Wildman–Crippen MR) is 69.5 cm³/mol. The van der Waals surface area contributed by atoms with E-state index in [1.54, 1.807) is 11.3 Å². The highest BCUT2D eigenvalue weighted by atomic mass is 32.1. The minimum absolute atomic E-state index is 0.688. The van der Waals surface area contributed by atoms with Gasteiger partial charge in [0.2, 0.25) is 0 Å². The fourth-order valence-corrected chi connectivity index (χ4v) is 2.35. The van der Waals surface area contributed by atoms with Crippen molar-refractivity contribution < 1.29 is 0 Å². The van der Waals surface area contributed by atoms with Crippen molar-refractivity contribution in [1.29, 1.82) is 0 Å². The van der Waals surface area contributed by atoms with E-state index in [0.29, 0.717) is 5.82 Å². The lowest BCUT2D eigenvalue weighted by atomic mass is 10.2. The molecule has 0 aliphatic carbocycles. The van der Waals surface area contributed by atoms with Crippen molar-refractivity contribution in [2.24, 2.45) is 0 Å². The van der Waals surface area contributed by atoms with Gasteiger partial charge in [-0.3, -0.25) is 5.10 Å². The number of hydrogen-bond acceptors (Lipinski definition) is 4. The largest absolute Gasteiger partial charge is 0.397 e. The zero-order valence-corrected chi connectivity index (χ0v) is 9.74. The van der Waals surface area contributed by atoms with Crippen LogP contribution in [0.4, 0.5) is 5.69 Å². The molecule has 0 atom stereocenters. The summed E-state index contributed by atoms with van der Waals surface area (Å²) in [6.45, 7) is 0. The smallest absolute Gasteiger partial charge is 0.181 e. The van der Waals surface area contributed by atoms with Gasteiger partial charge in [-0.25, -0.2) is 4.98 Å². The lowest BCUT2D eigenvalue weighted by Gasteiger charge is -1.93. The van der Waals surface area contributed by atoms with Crippen molar-refractivity contribution in [3.63, 3.8) is 0 Å². The van der Waals surface area contributed by atoms with Gasteiger partial charge in [0.1, 0.15) is 0 Å². The van der Waals surface area contributed by atoms with Crippen molar-refractivity contribution >= 4 is 17.0 Å². The number of nitrogens with one attached hydrogen (secondary N) is 1. The van der Waals surface area contributed by atoms with Crippen molar-refractivity contribution in [2.75, 3.05) is 5.73 Å². The van der Waals surface area contributed by atoms with E-state index in [1.807, 2.05) is 41.8 Å². The Labute approximate surface area is 102 Å². The zero-order valence-electron chi connectivity index (χ0n) is 8.92. The highest BCUT2D eigenvalue weighted by Crippen LogP contribution is 2.29. The van der Waals surface area contributed by atoms with Crippen LogP contribution in [0, 0.1) is 0 Å². The van der Waals surface area contributed by atoms with Gasteiger partial charge in [-0.15, -0.1) is 11.3 Å². The van der Waals surface area contributed by atoms with Crippen LogP contribution in [0.1, 0.15) is 0 Å². The molecular formula is C12H10N4S. The molecule has 17 heavy (non-hydrogen) atoms. The maximum atomic E-state index is 5.84. The first-order valence-corrected chi connectivity index (χ1v) is 6.04. The van der Waals surface area contributed by atoms with Crippen molar-refractivity contribution in [2.45, 2.75) is 0 Å². The number of H-pyrrole nitrogens is 1. The number of aromatic nitrogens is 3. The van der Waals surface area contributed by atoms with E-state index in [0.717, 1.165) is 22.0 Å². The summed E-state index contributed by atoms with van der Waals surface area (Å²) in [4.78, 5) is 5.38. The Morgan fingerprint density at radius 1 is 1.12 bits per heavy atom. The zero-order chi connectivity index (χ0) is 11.7. The van der Waals surface area contributed by atoms with Crippen molar-refractivity contribution in [3.05, 3.63) is 41.8 Å². The molecule has 0 unspecified atom stereocenters. The minimum Gasteiger partial charge on any atom is -0.397 e. The summed E-state index contributed by atoms with van der Waals surface area (Å²) in [5, 5.41) is 9.06. The summed E-state index contributed by atoms with van der Waals surface area (Å²) in [5.41, 5.74) is 7.56. The minimum atomic E-state index is 0.688. The summed E-state index contributed by atoms with van der Waals surface area (Å²) in [6.07, 6.45) is 0. The molecule has 3 rings (SSSR count). The molecule has 3 aromatic rings. The summed E-state index contributed by atoms with van der Waals surface area (Å²) in [5.74, 6) is 1.41. The average molecular weight is 242 g/mol. The quantitative estimate of drug-likeness (QED) is 0.726. The van der Waals surface area contributed by atoms with Crippen LogP contribution in [0.2, 0.25) is 0 Å². The highest BCUT2D eigenvalue weighted by molar-refractivity contribution is 7.14. The van der Waals surface area contributed by atoms with Crippen LogP contribution >= 0.6 is 11.3 Å². The number of nitrogens with two attached hydrogens (primary N) is 1. The Morgan fingerprint density at radius 2 is 1.94 bits per heavy atom. The molecule has 1 aromatic carbocycles. The third kappa shape index (κ3) is 1.81. The molecule has 0 bridgehead atoms. The maximum Gasteiger partial charge on any atom is 0.181 e. The first-order valence-electron chi connectivity index (χ1n) is 5.16. The van der Waals surface area contributed by atoms with E-state index >= 15 is 0 Å². The number of thiophene rings is 1. The van der Waals surface area contributed by atoms with Gasteiger partial charge >= 0.3 is 0 Å². The van der Waals surface area contributed by atoms with E-state index in [9.17, 15) is 0 Å². The van der Waals surface area contributed by atoms with Crippen molar-refractivity contribution in [1.82, 2.24) is 15.2 Å². The normalized spacial score (nSPS) is 10.6. The molecule has 0 radical (unpaired) electrons. The summed E-state index contributed by atoms with van der Waals surface area (Å²) in [7, 11) is 0. The molecule has 0 aliphatic rings. The predicted octanol–water partition coefficient (Wildman–Crippen LogP) is 2.78. The van der Waals surface area contributed by atoms with Crippen LogP contribution in [0.3, 0.4) is 0 Å². The molecule has 0 saturated heterocycles. The van der Waals surface area contributed by atoms with Gasteiger partial charge in [0, 0.05) is 5.56 Å². The Hall–Kier alpha value is -2.14. The fraction of sp³-hybridized carbons (Fsp3) is 0. The Bertz CT molecular complexity index is 627. The molecule has 2 heterocycles. The van der Waals surface area contributed by atoms with Crippen LogP contribution in [0.5, 0.6) is 0 Å². The summed E-state index contributed by atoms with van der Waals surface area (Å²) >= 11 is 1.55. The Kier molecular flexibility index (Phi) is 2.38. The van der Waals surface area contributed by atoms with Crippen LogP contribution in [0.25, 0.3) is 22.1 Å². The van der Waals surface area contributed by atoms with Gasteiger partial charge in [-0.05, 0) is 11.4 Å². The van der Waals surface area contributed by atoms with Crippen LogP contribution < -0.4 is 5.73 Å². The number of nitrogen functional groups attached to an aromatic ring is 1. The number of aromatic amines is 1. The third-order valence-electron chi connectivity index (χ3n) is 2.43. The first-order chi connectivity index (χ1) is 8.34. The average Bonchev–Trinajstić information content (AvgIpc) is 2.98.